The molecule has 0 bridgehead atoms. The molecule has 25 heavy (non-hydrogen) atoms. The summed E-state index contributed by atoms with van der Waals surface area (Å²) < 4.78 is 0. The molecule has 0 saturated heterocycles. The van der Waals surface area contributed by atoms with Crippen molar-refractivity contribution < 1.29 is 20.4 Å². The predicted octanol–water partition coefficient (Wildman–Crippen LogP) is 1.70. The number of fused-ring (bicyclic) bond motifs is 5. The lowest BCUT2D eigenvalue weighted by molar-refractivity contribution is -0.186. The van der Waals surface area contributed by atoms with Gasteiger partial charge in [-0.1, -0.05) is 19.8 Å². The summed E-state index contributed by atoms with van der Waals surface area (Å²) in [6.07, 6.45) is 9.57. The normalized spacial score (nSPS) is 60.9. The van der Waals surface area contributed by atoms with Gasteiger partial charge in [0.15, 0.2) is 5.60 Å². The van der Waals surface area contributed by atoms with Crippen LogP contribution in [0.1, 0.15) is 58.8 Å². The summed E-state index contributed by atoms with van der Waals surface area (Å²) in [6.45, 7) is 4.35. The molecule has 140 valence electrons. The summed E-state index contributed by atoms with van der Waals surface area (Å²) in [5.74, 6) is 3.35. The van der Waals surface area contributed by atoms with E-state index < -0.39 is 23.2 Å². The molecule has 4 aliphatic carbocycles. The summed E-state index contributed by atoms with van der Waals surface area (Å²) in [5, 5.41) is 42.7. The lowest BCUT2D eigenvalue weighted by Gasteiger charge is -2.62. The standard InChI is InChI=1S/C21H32O4/c1-4-21(25)17(24)11-15-18-14(6-8-20(15,21)3)19(2)7-5-13(22)9-12(19)10-16(18)23/h1,12-18,22-25H,5-11H2,2-3H3/t12-,13-,14-,15-,16-,17+,18+,19-,20-,21-/m0/s1. The Kier molecular flexibility index (Phi) is 3.88. The first-order chi connectivity index (χ1) is 11.7. The topological polar surface area (TPSA) is 80.9 Å². The highest BCUT2D eigenvalue weighted by Crippen LogP contribution is 2.68. The Balaban J connectivity index is 1.72. The Morgan fingerprint density at radius 2 is 1.68 bits per heavy atom. The second-order valence-electron chi connectivity index (χ2n) is 9.84. The van der Waals surface area contributed by atoms with E-state index in [1.165, 1.54) is 0 Å². The minimum absolute atomic E-state index is 0.0434. The van der Waals surface area contributed by atoms with Crippen molar-refractivity contribution >= 4 is 0 Å². The first-order valence-corrected chi connectivity index (χ1v) is 9.91. The fourth-order valence-electron chi connectivity index (χ4n) is 7.49. The molecule has 10 atom stereocenters. The molecule has 0 heterocycles. The average Bonchev–Trinajstić information content (AvgIpc) is 2.77. The zero-order valence-electron chi connectivity index (χ0n) is 15.4. The maximum atomic E-state index is 11.0. The smallest absolute Gasteiger partial charge is 0.156 e. The average molecular weight is 348 g/mol. The molecule has 0 aromatic heterocycles. The second-order valence-corrected chi connectivity index (χ2v) is 9.84. The van der Waals surface area contributed by atoms with Crippen molar-refractivity contribution in [2.75, 3.05) is 0 Å². The number of aliphatic hydroxyl groups is 4. The van der Waals surface area contributed by atoms with Crippen LogP contribution in [0.3, 0.4) is 0 Å². The van der Waals surface area contributed by atoms with Gasteiger partial charge in [0.05, 0.1) is 18.3 Å². The van der Waals surface area contributed by atoms with E-state index in [2.05, 4.69) is 12.8 Å². The van der Waals surface area contributed by atoms with Crippen LogP contribution in [0.2, 0.25) is 0 Å². The Labute approximate surface area is 150 Å². The van der Waals surface area contributed by atoms with Gasteiger partial charge < -0.3 is 20.4 Å². The molecule has 0 radical (unpaired) electrons. The SMILES string of the molecule is C#C[C@]1(O)[C@H](O)C[C@H]2[C@@H]3[C@@H](O)C[C@@H]4C[C@@H](O)CC[C@]4(C)[C@H]3CC[C@@]21C. The van der Waals surface area contributed by atoms with Crippen LogP contribution >= 0.6 is 0 Å². The minimum atomic E-state index is -1.50. The van der Waals surface area contributed by atoms with Crippen molar-refractivity contribution in [2.24, 2.45) is 34.5 Å². The van der Waals surface area contributed by atoms with E-state index in [9.17, 15) is 20.4 Å². The van der Waals surface area contributed by atoms with Crippen molar-refractivity contribution in [1.82, 2.24) is 0 Å². The van der Waals surface area contributed by atoms with Gasteiger partial charge in [0.2, 0.25) is 0 Å². The zero-order chi connectivity index (χ0) is 18.2. The van der Waals surface area contributed by atoms with Crippen molar-refractivity contribution in [2.45, 2.75) is 82.7 Å². The highest BCUT2D eigenvalue weighted by molar-refractivity contribution is 5.27. The quantitative estimate of drug-likeness (QED) is 0.502. The molecule has 0 amide bonds. The highest BCUT2D eigenvalue weighted by atomic mass is 16.3. The predicted molar refractivity (Wildman–Crippen MR) is 94.3 cm³/mol. The van der Waals surface area contributed by atoms with Crippen LogP contribution in [-0.4, -0.2) is 44.3 Å². The van der Waals surface area contributed by atoms with Crippen LogP contribution < -0.4 is 0 Å². The van der Waals surface area contributed by atoms with Gasteiger partial charge in [-0.25, -0.2) is 0 Å². The lowest BCUT2D eigenvalue weighted by atomic mass is 9.43. The van der Waals surface area contributed by atoms with Gasteiger partial charge in [0, 0.05) is 5.41 Å². The van der Waals surface area contributed by atoms with E-state index >= 15 is 0 Å². The van der Waals surface area contributed by atoms with Crippen molar-refractivity contribution in [3.8, 4) is 12.3 Å². The molecule has 0 unspecified atom stereocenters. The third-order valence-corrected chi connectivity index (χ3v) is 9.10. The Morgan fingerprint density at radius 3 is 2.36 bits per heavy atom. The Bertz CT molecular complexity index is 599. The summed E-state index contributed by atoms with van der Waals surface area (Å²) >= 11 is 0. The van der Waals surface area contributed by atoms with E-state index in [1.54, 1.807) is 0 Å². The van der Waals surface area contributed by atoms with Gasteiger partial charge in [-0.2, -0.15) is 0 Å². The molecule has 0 aliphatic heterocycles. The van der Waals surface area contributed by atoms with Gasteiger partial charge in [-0.05, 0) is 74.0 Å². The molecular weight excluding hydrogens is 316 g/mol. The number of aliphatic hydroxyl groups excluding tert-OH is 3. The van der Waals surface area contributed by atoms with Gasteiger partial charge >= 0.3 is 0 Å². The van der Waals surface area contributed by atoms with Crippen LogP contribution in [-0.2, 0) is 0 Å². The van der Waals surface area contributed by atoms with Crippen LogP contribution in [0.25, 0.3) is 0 Å². The molecule has 0 spiro atoms. The van der Waals surface area contributed by atoms with Crippen molar-refractivity contribution in [1.29, 1.82) is 0 Å². The molecule has 4 N–H and O–H groups in total. The third kappa shape index (κ3) is 2.10. The summed E-state index contributed by atoms with van der Waals surface area (Å²) in [7, 11) is 0. The zero-order valence-corrected chi connectivity index (χ0v) is 15.4. The fourth-order valence-corrected chi connectivity index (χ4v) is 7.49. The Hall–Kier alpha value is -0.600. The van der Waals surface area contributed by atoms with Crippen molar-refractivity contribution in [3.63, 3.8) is 0 Å². The summed E-state index contributed by atoms with van der Waals surface area (Å²) in [5.41, 5.74) is -1.91. The number of hydrogen-bond acceptors (Lipinski definition) is 4. The first kappa shape index (κ1) is 17.8. The third-order valence-electron chi connectivity index (χ3n) is 9.10. The van der Waals surface area contributed by atoms with Crippen LogP contribution in [0.5, 0.6) is 0 Å². The highest BCUT2D eigenvalue weighted by Gasteiger charge is 2.68. The molecular formula is C21H32O4. The molecule has 4 aliphatic rings. The van der Waals surface area contributed by atoms with Crippen molar-refractivity contribution in [3.05, 3.63) is 0 Å². The van der Waals surface area contributed by atoms with Gasteiger partial charge in [0.1, 0.15) is 0 Å². The molecule has 4 fully saturated rings. The van der Waals surface area contributed by atoms with Gasteiger partial charge in [0.25, 0.3) is 0 Å². The molecule has 4 nitrogen and oxygen atoms in total. The van der Waals surface area contributed by atoms with Crippen LogP contribution in [0, 0.1) is 46.8 Å². The monoisotopic (exact) mass is 348 g/mol. The van der Waals surface area contributed by atoms with Crippen LogP contribution in [0.4, 0.5) is 0 Å². The van der Waals surface area contributed by atoms with E-state index in [0.717, 1.165) is 32.1 Å². The molecule has 0 aromatic rings. The minimum Gasteiger partial charge on any atom is -0.393 e. The van der Waals surface area contributed by atoms with E-state index in [-0.39, 0.29) is 23.4 Å². The number of terminal acetylenes is 1. The maximum absolute atomic E-state index is 11.0. The van der Waals surface area contributed by atoms with Gasteiger partial charge in [-0.3, -0.25) is 0 Å². The number of rotatable bonds is 0. The Morgan fingerprint density at radius 1 is 0.960 bits per heavy atom. The second kappa shape index (κ2) is 5.45. The lowest BCUT2D eigenvalue weighted by Crippen LogP contribution is -2.60. The van der Waals surface area contributed by atoms with E-state index in [0.29, 0.717) is 24.7 Å². The van der Waals surface area contributed by atoms with E-state index in [4.69, 9.17) is 6.42 Å². The van der Waals surface area contributed by atoms with Crippen LogP contribution in [0.15, 0.2) is 0 Å². The molecule has 0 aromatic carbocycles. The first-order valence-electron chi connectivity index (χ1n) is 9.91. The largest absolute Gasteiger partial charge is 0.393 e. The molecule has 4 saturated carbocycles. The molecule has 4 rings (SSSR count). The number of hydrogen-bond donors (Lipinski definition) is 4. The van der Waals surface area contributed by atoms with Gasteiger partial charge in [-0.15, -0.1) is 6.42 Å². The van der Waals surface area contributed by atoms with E-state index in [1.807, 2.05) is 6.92 Å². The maximum Gasteiger partial charge on any atom is 0.156 e. The fraction of sp³-hybridized carbons (Fsp3) is 0.905. The summed E-state index contributed by atoms with van der Waals surface area (Å²) in [6, 6.07) is 0. The molecule has 4 heteroatoms. The summed E-state index contributed by atoms with van der Waals surface area (Å²) in [4.78, 5) is 0.